The van der Waals surface area contributed by atoms with Gasteiger partial charge in [0.1, 0.15) is 0 Å². The summed E-state index contributed by atoms with van der Waals surface area (Å²) in [5, 5.41) is 0. The summed E-state index contributed by atoms with van der Waals surface area (Å²) in [6, 6.07) is 21.0. The maximum absolute atomic E-state index is 6.05. The van der Waals surface area contributed by atoms with Gasteiger partial charge in [-0.15, -0.1) is 0 Å². The third kappa shape index (κ3) is 3.13. The van der Waals surface area contributed by atoms with Crippen LogP contribution >= 0.6 is 0 Å². The van der Waals surface area contributed by atoms with Crippen molar-refractivity contribution in [2.45, 2.75) is 31.9 Å². The van der Waals surface area contributed by atoms with Crippen LogP contribution in [0.2, 0.25) is 0 Å². The van der Waals surface area contributed by atoms with Crippen LogP contribution in [0.15, 0.2) is 60.7 Å². The number of ether oxygens (including phenoxy) is 1. The first kappa shape index (κ1) is 17.5. The number of hydrogen-bond acceptors (Lipinski definition) is 4. The van der Waals surface area contributed by atoms with Crippen LogP contribution < -0.4 is 0 Å². The van der Waals surface area contributed by atoms with Gasteiger partial charge in [0.25, 0.3) is 0 Å². The topological polar surface area (TPSA) is 38.3 Å². The van der Waals surface area contributed by atoms with Crippen molar-refractivity contribution in [1.29, 1.82) is 0 Å². The van der Waals surface area contributed by atoms with Gasteiger partial charge in [0.05, 0.1) is 24.3 Å². The molecule has 1 saturated heterocycles. The molecule has 0 N–H and O–H groups in total. The van der Waals surface area contributed by atoms with E-state index in [0.717, 1.165) is 49.7 Å². The molecule has 1 aromatic heterocycles. The van der Waals surface area contributed by atoms with Crippen LogP contribution in [-0.2, 0) is 23.3 Å². The number of benzene rings is 2. The summed E-state index contributed by atoms with van der Waals surface area (Å²) in [7, 11) is 0. The van der Waals surface area contributed by atoms with Gasteiger partial charge in [0.2, 0.25) is 0 Å². The van der Waals surface area contributed by atoms with E-state index in [1.54, 1.807) is 0 Å². The monoisotopic (exact) mass is 371 g/mol. The zero-order valence-corrected chi connectivity index (χ0v) is 16.3. The number of fused-ring (bicyclic) bond motifs is 2. The van der Waals surface area contributed by atoms with E-state index in [4.69, 9.17) is 14.7 Å². The molecule has 0 unspecified atom stereocenters. The van der Waals surface area contributed by atoms with Gasteiger partial charge in [-0.1, -0.05) is 60.7 Å². The van der Waals surface area contributed by atoms with E-state index in [1.807, 2.05) is 18.2 Å². The molecular weight excluding hydrogens is 346 g/mol. The molecule has 2 aliphatic rings. The van der Waals surface area contributed by atoms with Crippen LogP contribution in [-0.4, -0.2) is 34.6 Å². The summed E-state index contributed by atoms with van der Waals surface area (Å²) < 4.78 is 6.05. The van der Waals surface area contributed by atoms with Crippen LogP contribution in [0.25, 0.3) is 11.4 Å². The molecule has 142 valence electrons. The highest BCUT2D eigenvalue weighted by molar-refractivity contribution is 5.56. The molecule has 2 aromatic carbocycles. The largest absolute Gasteiger partial charge is 0.376 e. The molecule has 2 aliphatic heterocycles. The fourth-order valence-corrected chi connectivity index (χ4v) is 4.59. The first-order valence-electron chi connectivity index (χ1n) is 10.0. The standard InChI is InChI=1S/C24H25N3O/c1-18-21-15-28-17-24(12-13-27(16-24)14-19-8-4-2-5-9-19)22(21)26-23(25-18)20-10-6-3-7-11-20/h2-11H,12-17H2,1H3/t24-/m1/s1. The smallest absolute Gasteiger partial charge is 0.159 e. The van der Waals surface area contributed by atoms with Crippen molar-refractivity contribution in [3.63, 3.8) is 0 Å². The second-order valence-corrected chi connectivity index (χ2v) is 8.05. The summed E-state index contributed by atoms with van der Waals surface area (Å²) in [6.07, 6.45) is 1.08. The van der Waals surface area contributed by atoms with Crippen molar-refractivity contribution in [3.8, 4) is 11.4 Å². The molecule has 0 saturated carbocycles. The minimum atomic E-state index is -0.0282. The Hall–Kier alpha value is -2.56. The summed E-state index contributed by atoms with van der Waals surface area (Å²) in [4.78, 5) is 12.4. The van der Waals surface area contributed by atoms with Crippen LogP contribution in [0.4, 0.5) is 0 Å². The Morgan fingerprint density at radius 2 is 1.75 bits per heavy atom. The van der Waals surface area contributed by atoms with Crippen LogP contribution in [0.3, 0.4) is 0 Å². The highest BCUT2D eigenvalue weighted by atomic mass is 16.5. The average molecular weight is 371 g/mol. The minimum Gasteiger partial charge on any atom is -0.376 e. The highest BCUT2D eigenvalue weighted by Crippen LogP contribution is 2.40. The second kappa shape index (κ2) is 7.12. The van der Waals surface area contributed by atoms with Crippen LogP contribution in [0, 0.1) is 6.92 Å². The lowest BCUT2D eigenvalue weighted by Gasteiger charge is -2.35. The van der Waals surface area contributed by atoms with E-state index >= 15 is 0 Å². The quantitative estimate of drug-likeness (QED) is 0.694. The van der Waals surface area contributed by atoms with Gasteiger partial charge < -0.3 is 4.74 Å². The van der Waals surface area contributed by atoms with E-state index in [2.05, 4.69) is 54.3 Å². The maximum Gasteiger partial charge on any atom is 0.159 e. The van der Waals surface area contributed by atoms with Gasteiger partial charge >= 0.3 is 0 Å². The van der Waals surface area contributed by atoms with Crippen molar-refractivity contribution in [1.82, 2.24) is 14.9 Å². The molecule has 0 bridgehead atoms. The molecule has 1 spiro atoms. The Kier molecular flexibility index (Phi) is 4.46. The Morgan fingerprint density at radius 1 is 1.00 bits per heavy atom. The second-order valence-electron chi connectivity index (χ2n) is 8.05. The molecule has 1 atom stereocenters. The van der Waals surface area contributed by atoms with Crippen molar-refractivity contribution in [2.75, 3.05) is 19.7 Å². The summed E-state index contributed by atoms with van der Waals surface area (Å²) in [5.74, 6) is 0.833. The van der Waals surface area contributed by atoms with E-state index in [1.165, 1.54) is 16.8 Å². The average Bonchev–Trinajstić information content (AvgIpc) is 3.13. The highest BCUT2D eigenvalue weighted by Gasteiger charge is 2.45. The normalized spacial score (nSPS) is 21.8. The third-order valence-corrected chi connectivity index (χ3v) is 6.05. The van der Waals surface area contributed by atoms with Crippen molar-refractivity contribution in [3.05, 3.63) is 83.2 Å². The molecule has 5 rings (SSSR count). The zero-order valence-electron chi connectivity index (χ0n) is 16.3. The number of likely N-dealkylation sites (tertiary alicyclic amines) is 1. The lowest BCUT2D eigenvalue weighted by molar-refractivity contribution is 0.0498. The van der Waals surface area contributed by atoms with E-state index in [9.17, 15) is 0 Å². The first-order chi connectivity index (χ1) is 13.7. The minimum absolute atomic E-state index is 0.0282. The number of aromatic nitrogens is 2. The lowest BCUT2D eigenvalue weighted by Crippen LogP contribution is -2.41. The summed E-state index contributed by atoms with van der Waals surface area (Å²) in [6.45, 7) is 6.49. The van der Waals surface area contributed by atoms with E-state index in [-0.39, 0.29) is 5.41 Å². The Labute approximate surface area is 166 Å². The van der Waals surface area contributed by atoms with Crippen molar-refractivity contribution >= 4 is 0 Å². The van der Waals surface area contributed by atoms with Gasteiger partial charge in [-0.25, -0.2) is 9.97 Å². The SMILES string of the molecule is Cc1nc(-c2ccccc2)nc2c1COC[C@]21CCN(Cc2ccccc2)C1. The first-order valence-corrected chi connectivity index (χ1v) is 10.0. The Bertz CT molecular complexity index is 974. The maximum atomic E-state index is 6.05. The van der Waals surface area contributed by atoms with Gasteiger partial charge in [-0.2, -0.15) is 0 Å². The molecule has 3 aromatic rings. The molecule has 4 nitrogen and oxygen atoms in total. The predicted octanol–water partition coefficient (Wildman–Crippen LogP) is 4.13. The molecule has 4 heteroatoms. The summed E-state index contributed by atoms with van der Waals surface area (Å²) in [5.41, 5.74) is 5.85. The molecule has 1 fully saturated rings. The molecular formula is C24H25N3O. The predicted molar refractivity (Wildman–Crippen MR) is 110 cm³/mol. The van der Waals surface area contributed by atoms with Gasteiger partial charge in [-0.3, -0.25) is 4.90 Å². The molecule has 0 radical (unpaired) electrons. The van der Waals surface area contributed by atoms with Crippen molar-refractivity contribution < 1.29 is 4.74 Å². The Morgan fingerprint density at radius 3 is 2.54 bits per heavy atom. The van der Waals surface area contributed by atoms with Crippen molar-refractivity contribution in [2.24, 2.45) is 0 Å². The number of rotatable bonds is 3. The fraction of sp³-hybridized carbons (Fsp3) is 0.333. The molecule has 0 amide bonds. The van der Waals surface area contributed by atoms with Crippen LogP contribution in [0.1, 0.15) is 28.9 Å². The van der Waals surface area contributed by atoms with Gasteiger partial charge in [0, 0.05) is 29.9 Å². The molecule has 0 aliphatic carbocycles. The van der Waals surface area contributed by atoms with E-state index < -0.39 is 0 Å². The summed E-state index contributed by atoms with van der Waals surface area (Å²) >= 11 is 0. The molecule has 3 heterocycles. The number of hydrogen-bond donors (Lipinski definition) is 0. The number of aryl methyl sites for hydroxylation is 1. The van der Waals surface area contributed by atoms with E-state index in [0.29, 0.717) is 6.61 Å². The third-order valence-electron chi connectivity index (χ3n) is 6.05. The number of nitrogens with zero attached hydrogens (tertiary/aromatic N) is 3. The lowest BCUT2D eigenvalue weighted by atomic mass is 9.80. The molecule has 28 heavy (non-hydrogen) atoms. The van der Waals surface area contributed by atoms with Gasteiger partial charge in [-0.05, 0) is 25.5 Å². The fourth-order valence-electron chi connectivity index (χ4n) is 4.59. The van der Waals surface area contributed by atoms with Gasteiger partial charge in [0.15, 0.2) is 5.82 Å². The van der Waals surface area contributed by atoms with Crippen LogP contribution in [0.5, 0.6) is 0 Å². The Balaban J connectivity index is 1.49. The zero-order chi connectivity index (χ0) is 19.0.